The van der Waals surface area contributed by atoms with Crippen LogP contribution in [-0.2, 0) is 16.1 Å². The molecule has 36 heavy (non-hydrogen) atoms. The van der Waals surface area contributed by atoms with E-state index in [2.05, 4.69) is 15.3 Å². The number of fused-ring (bicyclic) bond motifs is 3. The molecule has 3 aromatic rings. The molecule has 0 spiro atoms. The van der Waals surface area contributed by atoms with Crippen LogP contribution in [0.25, 0.3) is 22.3 Å². The molecule has 0 bridgehead atoms. The Hall–Kier alpha value is -4.12. The van der Waals surface area contributed by atoms with Crippen LogP contribution in [0.1, 0.15) is 25.3 Å². The van der Waals surface area contributed by atoms with Gasteiger partial charge in [0, 0.05) is 56.6 Å². The van der Waals surface area contributed by atoms with Gasteiger partial charge < -0.3 is 20.2 Å². The first-order chi connectivity index (χ1) is 17.4. The lowest BCUT2D eigenvalue weighted by Gasteiger charge is -2.43. The van der Waals surface area contributed by atoms with E-state index in [1.807, 2.05) is 18.2 Å². The van der Waals surface area contributed by atoms with E-state index in [1.54, 1.807) is 40.2 Å². The molecule has 1 saturated heterocycles. The zero-order valence-corrected chi connectivity index (χ0v) is 20.1. The van der Waals surface area contributed by atoms with Crippen LogP contribution in [0.4, 0.5) is 16.3 Å². The molecule has 11 heteroatoms. The number of nitrogens with zero attached hydrogens (tertiary/aromatic N) is 6. The first kappa shape index (κ1) is 23.6. The number of carbonyl (C=O) groups is 3. The van der Waals surface area contributed by atoms with Crippen LogP contribution in [0, 0.1) is 0 Å². The zero-order valence-electron chi connectivity index (χ0n) is 20.1. The number of carbonyl (C=O) groups excluding carboxylic acids is 3. The molecule has 2 N–H and O–H groups in total. The van der Waals surface area contributed by atoms with Gasteiger partial charge in [-0.1, -0.05) is 0 Å². The molecule has 0 radical (unpaired) electrons. The Morgan fingerprint density at radius 1 is 1.11 bits per heavy atom. The van der Waals surface area contributed by atoms with Crippen molar-refractivity contribution in [1.29, 1.82) is 0 Å². The molecule has 5 heterocycles. The van der Waals surface area contributed by atoms with E-state index in [4.69, 9.17) is 4.98 Å². The maximum absolute atomic E-state index is 13.4. The zero-order chi connectivity index (χ0) is 25.4. The molecule has 4 amide bonds. The average Bonchev–Trinajstić information content (AvgIpc) is 2.89. The summed E-state index contributed by atoms with van der Waals surface area (Å²) in [6.45, 7) is 2.29. The SMILES string of the molecule is CC(=O)Nc1ccc(-c2ccc3ncc4c(c3n2)N(C2CCN(C(=O)CO)CC2)C(=O)N(C)C4)cn1. The van der Waals surface area contributed by atoms with Gasteiger partial charge in [0.15, 0.2) is 0 Å². The predicted octanol–water partition coefficient (Wildman–Crippen LogP) is 2.01. The maximum atomic E-state index is 13.4. The fourth-order valence-corrected chi connectivity index (χ4v) is 4.85. The highest BCUT2D eigenvalue weighted by molar-refractivity contribution is 6.04. The summed E-state index contributed by atoms with van der Waals surface area (Å²) in [4.78, 5) is 55.5. The summed E-state index contributed by atoms with van der Waals surface area (Å²) in [5, 5.41) is 11.9. The van der Waals surface area contributed by atoms with E-state index in [-0.39, 0.29) is 23.9 Å². The summed E-state index contributed by atoms with van der Waals surface area (Å²) in [6.07, 6.45) is 4.64. The molecule has 11 nitrogen and oxygen atoms in total. The molecular formula is C25H27N7O4. The van der Waals surface area contributed by atoms with Gasteiger partial charge in [0.2, 0.25) is 11.8 Å². The van der Waals surface area contributed by atoms with Crippen LogP contribution in [0.5, 0.6) is 0 Å². The van der Waals surface area contributed by atoms with E-state index in [0.29, 0.717) is 55.0 Å². The van der Waals surface area contributed by atoms with Gasteiger partial charge in [-0.2, -0.15) is 0 Å². The highest BCUT2D eigenvalue weighted by Gasteiger charge is 2.37. The number of piperidine rings is 1. The van der Waals surface area contributed by atoms with Crippen molar-refractivity contribution in [3.63, 3.8) is 0 Å². The standard InChI is InChI=1S/C25H27N7O4/c1-15(34)28-21-6-3-16(11-27-21)19-4-5-20-23(29-19)24-17(12-26-20)13-30(2)25(36)32(24)18-7-9-31(10-8-18)22(35)14-33/h3-6,11-12,18,33H,7-10,13-14H2,1-2H3,(H,27,28,34). The topological polar surface area (TPSA) is 132 Å². The fourth-order valence-electron chi connectivity index (χ4n) is 4.85. The molecular weight excluding hydrogens is 462 g/mol. The van der Waals surface area contributed by atoms with Crippen LogP contribution in [0.3, 0.4) is 0 Å². The molecule has 1 fully saturated rings. The Morgan fingerprint density at radius 2 is 1.89 bits per heavy atom. The third kappa shape index (κ3) is 4.33. The number of likely N-dealkylation sites (tertiary alicyclic amines) is 1. The molecule has 0 aliphatic carbocycles. The Balaban J connectivity index is 1.54. The van der Waals surface area contributed by atoms with Gasteiger partial charge in [0.25, 0.3) is 0 Å². The Kier molecular flexibility index (Phi) is 6.23. The van der Waals surface area contributed by atoms with Crippen molar-refractivity contribution in [2.24, 2.45) is 0 Å². The quantitative estimate of drug-likeness (QED) is 0.573. The van der Waals surface area contributed by atoms with Crippen LogP contribution in [0.15, 0.2) is 36.7 Å². The number of aliphatic hydroxyl groups is 1. The summed E-state index contributed by atoms with van der Waals surface area (Å²) in [7, 11) is 1.76. The summed E-state index contributed by atoms with van der Waals surface area (Å²) in [6, 6.07) is 7.06. The number of pyridine rings is 3. The molecule has 2 aliphatic rings. The number of amides is 4. The smallest absolute Gasteiger partial charge is 0.324 e. The van der Waals surface area contributed by atoms with Gasteiger partial charge in [0.05, 0.1) is 23.4 Å². The number of aromatic nitrogens is 3. The summed E-state index contributed by atoms with van der Waals surface area (Å²) >= 11 is 0. The van der Waals surface area contributed by atoms with Crippen LogP contribution < -0.4 is 10.2 Å². The Labute approximate surface area is 207 Å². The predicted molar refractivity (Wildman–Crippen MR) is 133 cm³/mol. The van der Waals surface area contributed by atoms with Crippen molar-refractivity contribution < 1.29 is 19.5 Å². The lowest BCUT2D eigenvalue weighted by atomic mass is 9.99. The minimum absolute atomic E-state index is 0.114. The molecule has 5 rings (SSSR count). The van der Waals surface area contributed by atoms with Crippen LogP contribution >= 0.6 is 0 Å². The van der Waals surface area contributed by atoms with E-state index in [9.17, 15) is 19.5 Å². The minimum Gasteiger partial charge on any atom is -0.387 e. The second-order valence-corrected chi connectivity index (χ2v) is 9.09. The van der Waals surface area contributed by atoms with E-state index < -0.39 is 6.61 Å². The van der Waals surface area contributed by atoms with Gasteiger partial charge >= 0.3 is 6.03 Å². The third-order valence-corrected chi connectivity index (χ3v) is 6.62. The van der Waals surface area contributed by atoms with Crippen LogP contribution in [0.2, 0.25) is 0 Å². The van der Waals surface area contributed by atoms with Crippen molar-refractivity contribution in [3.8, 4) is 11.3 Å². The number of hydrogen-bond donors (Lipinski definition) is 2. The Morgan fingerprint density at radius 3 is 2.56 bits per heavy atom. The number of urea groups is 1. The van der Waals surface area contributed by atoms with Gasteiger partial charge in [-0.05, 0) is 37.1 Å². The fraction of sp³-hybridized carbons (Fsp3) is 0.360. The number of hydrogen-bond acceptors (Lipinski definition) is 7. The number of rotatable bonds is 4. The molecule has 186 valence electrons. The highest BCUT2D eigenvalue weighted by Crippen LogP contribution is 2.37. The maximum Gasteiger partial charge on any atom is 0.324 e. The molecule has 0 atom stereocenters. The van der Waals surface area contributed by atoms with Crippen LogP contribution in [-0.4, -0.2) is 80.5 Å². The highest BCUT2D eigenvalue weighted by atomic mass is 16.3. The molecule has 0 saturated carbocycles. The first-order valence-electron chi connectivity index (χ1n) is 11.8. The Bertz CT molecular complexity index is 1340. The molecule has 3 aromatic heterocycles. The third-order valence-electron chi connectivity index (χ3n) is 6.62. The van der Waals surface area contributed by atoms with Gasteiger partial charge in [-0.15, -0.1) is 0 Å². The number of aliphatic hydroxyl groups excluding tert-OH is 1. The van der Waals surface area contributed by atoms with Crippen molar-refractivity contribution >= 4 is 40.4 Å². The van der Waals surface area contributed by atoms with Gasteiger partial charge in [0.1, 0.15) is 17.9 Å². The lowest BCUT2D eigenvalue weighted by molar-refractivity contribution is -0.135. The minimum atomic E-state index is -0.511. The second kappa shape index (κ2) is 9.50. The molecule has 0 unspecified atom stereocenters. The molecule has 2 aliphatic heterocycles. The van der Waals surface area contributed by atoms with E-state index >= 15 is 0 Å². The van der Waals surface area contributed by atoms with Crippen molar-refractivity contribution in [2.75, 3.05) is 37.0 Å². The lowest BCUT2D eigenvalue weighted by Crippen LogP contribution is -2.54. The monoisotopic (exact) mass is 489 g/mol. The average molecular weight is 490 g/mol. The molecule has 0 aromatic carbocycles. The first-order valence-corrected chi connectivity index (χ1v) is 11.8. The van der Waals surface area contributed by atoms with Crippen molar-refractivity contribution in [1.82, 2.24) is 24.8 Å². The summed E-state index contributed by atoms with van der Waals surface area (Å²) in [5.74, 6) is -0.0370. The second-order valence-electron chi connectivity index (χ2n) is 9.09. The van der Waals surface area contributed by atoms with Crippen molar-refractivity contribution in [2.45, 2.75) is 32.4 Å². The van der Waals surface area contributed by atoms with E-state index in [1.165, 1.54) is 6.92 Å². The number of anilines is 2. The van der Waals surface area contributed by atoms with Crippen molar-refractivity contribution in [3.05, 3.63) is 42.2 Å². The normalized spacial score (nSPS) is 16.3. The van der Waals surface area contributed by atoms with E-state index in [0.717, 1.165) is 16.8 Å². The van der Waals surface area contributed by atoms with Gasteiger partial charge in [-0.3, -0.25) is 19.5 Å². The summed E-state index contributed by atoms with van der Waals surface area (Å²) < 4.78 is 0. The largest absolute Gasteiger partial charge is 0.387 e. The summed E-state index contributed by atoms with van der Waals surface area (Å²) in [5.41, 5.74) is 4.41. The number of nitrogens with one attached hydrogen (secondary N) is 1. The van der Waals surface area contributed by atoms with Gasteiger partial charge in [-0.25, -0.2) is 14.8 Å².